The lowest BCUT2D eigenvalue weighted by Gasteiger charge is -2.29. The van der Waals surface area contributed by atoms with Gasteiger partial charge in [-0.15, -0.1) is 0 Å². The van der Waals surface area contributed by atoms with Crippen LogP contribution < -0.4 is 4.90 Å². The number of anilines is 1. The van der Waals surface area contributed by atoms with E-state index >= 15 is 0 Å². The molecule has 2 rings (SSSR count). The molecule has 6 nitrogen and oxygen atoms in total. The van der Waals surface area contributed by atoms with E-state index in [-0.39, 0.29) is 11.9 Å². The Bertz CT molecular complexity index is 463. The van der Waals surface area contributed by atoms with Gasteiger partial charge in [0.25, 0.3) is 0 Å². The van der Waals surface area contributed by atoms with Crippen LogP contribution in [0.25, 0.3) is 0 Å². The number of likely N-dealkylation sites (N-methyl/N-ethyl adjacent to an activating group) is 1. The lowest BCUT2D eigenvalue weighted by Crippen LogP contribution is -2.45. The predicted molar refractivity (Wildman–Crippen MR) is 72.9 cm³/mol. The van der Waals surface area contributed by atoms with E-state index in [1.807, 2.05) is 25.2 Å². The normalized spacial score (nSPS) is 20.6. The van der Waals surface area contributed by atoms with E-state index in [4.69, 9.17) is 0 Å². The van der Waals surface area contributed by atoms with Crippen molar-refractivity contribution in [1.29, 1.82) is 0 Å². The Morgan fingerprint density at radius 2 is 2.26 bits per heavy atom. The zero-order valence-corrected chi connectivity index (χ0v) is 12.0. The highest BCUT2D eigenvalue weighted by Crippen LogP contribution is 2.24. The van der Waals surface area contributed by atoms with Crippen LogP contribution in [0.15, 0.2) is 12.4 Å². The second-order valence-corrected chi connectivity index (χ2v) is 5.89. The zero-order chi connectivity index (χ0) is 14.2. The number of nitrogens with zero attached hydrogens (tertiary/aromatic N) is 4. The molecule has 1 aliphatic heterocycles. The number of aryl methyl sites for hydroxylation is 1. The van der Waals surface area contributed by atoms with Gasteiger partial charge < -0.3 is 10.0 Å². The molecule has 6 heteroatoms. The Labute approximate surface area is 113 Å². The molecule has 19 heavy (non-hydrogen) atoms. The minimum Gasteiger partial charge on any atom is -0.389 e. The maximum Gasteiger partial charge on any atom is 0.244 e. The van der Waals surface area contributed by atoms with Gasteiger partial charge in [-0.3, -0.25) is 14.4 Å². The molecule has 0 bridgehead atoms. The Hall–Kier alpha value is -1.40. The maximum atomic E-state index is 12.4. The van der Waals surface area contributed by atoms with Crippen molar-refractivity contribution in [3.05, 3.63) is 12.4 Å². The van der Waals surface area contributed by atoms with Gasteiger partial charge in [0.1, 0.15) is 0 Å². The minimum absolute atomic E-state index is 0.0831. The first kappa shape index (κ1) is 14.0. The summed E-state index contributed by atoms with van der Waals surface area (Å²) in [6.07, 6.45) is 4.33. The SMILES string of the molecule is CN(CC(C)(C)O)C1CCN(c2cnn(C)c2)C1=O. The molecule has 1 aliphatic rings. The van der Waals surface area contributed by atoms with Crippen molar-refractivity contribution in [2.75, 3.05) is 25.0 Å². The van der Waals surface area contributed by atoms with Crippen LogP contribution in [0.2, 0.25) is 0 Å². The molecule has 2 heterocycles. The van der Waals surface area contributed by atoms with Crippen LogP contribution in [0.5, 0.6) is 0 Å². The number of hydrogen-bond acceptors (Lipinski definition) is 4. The standard InChI is InChI=1S/C13H22N4O2/c1-13(2,19)9-15(3)11-5-6-17(12(11)18)10-7-14-16(4)8-10/h7-8,11,19H,5-6,9H2,1-4H3. The summed E-state index contributed by atoms with van der Waals surface area (Å²) in [5, 5.41) is 13.9. The van der Waals surface area contributed by atoms with Crippen LogP contribution in [0.1, 0.15) is 20.3 Å². The van der Waals surface area contributed by atoms with Crippen molar-refractivity contribution in [3.63, 3.8) is 0 Å². The molecule has 1 N–H and O–H groups in total. The Morgan fingerprint density at radius 3 is 2.79 bits per heavy atom. The van der Waals surface area contributed by atoms with Gasteiger partial charge in [-0.1, -0.05) is 0 Å². The number of amides is 1. The number of carbonyl (C=O) groups excluding carboxylic acids is 1. The van der Waals surface area contributed by atoms with Crippen LogP contribution in [0, 0.1) is 0 Å². The third-order valence-electron chi connectivity index (χ3n) is 3.35. The van der Waals surface area contributed by atoms with Gasteiger partial charge in [-0.05, 0) is 27.3 Å². The Kier molecular flexibility index (Phi) is 3.64. The molecule has 1 unspecified atom stereocenters. The third kappa shape index (κ3) is 3.13. The number of aromatic nitrogens is 2. The van der Waals surface area contributed by atoms with Crippen molar-refractivity contribution in [2.45, 2.75) is 31.9 Å². The summed E-state index contributed by atoms with van der Waals surface area (Å²) in [6.45, 7) is 4.68. The molecule has 1 amide bonds. The van der Waals surface area contributed by atoms with E-state index < -0.39 is 5.60 Å². The Morgan fingerprint density at radius 1 is 1.58 bits per heavy atom. The highest BCUT2D eigenvalue weighted by atomic mass is 16.3. The molecule has 106 valence electrons. The van der Waals surface area contributed by atoms with Crippen molar-refractivity contribution in [2.24, 2.45) is 7.05 Å². The predicted octanol–water partition coefficient (Wildman–Crippen LogP) is 0.228. The van der Waals surface area contributed by atoms with E-state index in [1.54, 1.807) is 29.6 Å². The topological polar surface area (TPSA) is 61.6 Å². The molecule has 1 atom stereocenters. The second-order valence-electron chi connectivity index (χ2n) is 5.89. The highest BCUT2D eigenvalue weighted by molar-refractivity contribution is 5.99. The summed E-state index contributed by atoms with van der Waals surface area (Å²) in [5.41, 5.74) is 0.0446. The van der Waals surface area contributed by atoms with E-state index in [0.717, 1.165) is 12.1 Å². The van der Waals surface area contributed by atoms with Crippen molar-refractivity contribution < 1.29 is 9.90 Å². The molecular weight excluding hydrogens is 244 g/mol. The van der Waals surface area contributed by atoms with Crippen LogP contribution in [0.4, 0.5) is 5.69 Å². The lowest BCUT2D eigenvalue weighted by molar-refractivity contribution is -0.122. The van der Waals surface area contributed by atoms with Gasteiger partial charge in [0.2, 0.25) is 5.91 Å². The fourth-order valence-corrected chi connectivity index (χ4v) is 2.60. The number of carbonyl (C=O) groups is 1. The van der Waals surface area contributed by atoms with E-state index in [0.29, 0.717) is 13.1 Å². The molecule has 1 aromatic rings. The molecule has 0 saturated carbocycles. The van der Waals surface area contributed by atoms with Gasteiger partial charge in [0.15, 0.2) is 0 Å². The molecule has 0 aromatic carbocycles. The smallest absolute Gasteiger partial charge is 0.244 e. The van der Waals surface area contributed by atoms with Crippen molar-refractivity contribution >= 4 is 11.6 Å². The molecule has 0 aliphatic carbocycles. The average Bonchev–Trinajstić information content (AvgIpc) is 2.82. The quantitative estimate of drug-likeness (QED) is 0.847. The van der Waals surface area contributed by atoms with Crippen LogP contribution in [0.3, 0.4) is 0 Å². The number of aliphatic hydroxyl groups is 1. The first-order valence-electron chi connectivity index (χ1n) is 6.50. The monoisotopic (exact) mass is 266 g/mol. The Balaban J connectivity index is 2.05. The van der Waals surface area contributed by atoms with Gasteiger partial charge in [-0.25, -0.2) is 0 Å². The highest BCUT2D eigenvalue weighted by Gasteiger charge is 2.36. The molecule has 1 fully saturated rings. The summed E-state index contributed by atoms with van der Waals surface area (Å²) in [6, 6.07) is -0.161. The zero-order valence-electron chi connectivity index (χ0n) is 12.0. The van der Waals surface area contributed by atoms with E-state index in [9.17, 15) is 9.90 Å². The van der Waals surface area contributed by atoms with Crippen LogP contribution in [-0.4, -0.2) is 57.5 Å². The minimum atomic E-state index is -0.795. The van der Waals surface area contributed by atoms with Crippen LogP contribution in [-0.2, 0) is 11.8 Å². The number of rotatable bonds is 4. The number of hydrogen-bond donors (Lipinski definition) is 1. The van der Waals surface area contributed by atoms with E-state index in [1.165, 1.54) is 0 Å². The van der Waals surface area contributed by atoms with Gasteiger partial charge in [0.05, 0.1) is 23.5 Å². The van der Waals surface area contributed by atoms with Gasteiger partial charge in [0, 0.05) is 26.3 Å². The molecule has 1 saturated heterocycles. The first-order valence-corrected chi connectivity index (χ1v) is 6.50. The molecule has 0 spiro atoms. The lowest BCUT2D eigenvalue weighted by atomic mass is 10.1. The largest absolute Gasteiger partial charge is 0.389 e. The summed E-state index contributed by atoms with van der Waals surface area (Å²) in [5.74, 6) is 0.0831. The van der Waals surface area contributed by atoms with Crippen molar-refractivity contribution in [3.8, 4) is 0 Å². The average molecular weight is 266 g/mol. The fraction of sp³-hybridized carbons (Fsp3) is 0.692. The van der Waals surface area contributed by atoms with Crippen LogP contribution >= 0.6 is 0 Å². The third-order valence-corrected chi connectivity index (χ3v) is 3.35. The van der Waals surface area contributed by atoms with E-state index in [2.05, 4.69) is 5.10 Å². The summed E-state index contributed by atoms with van der Waals surface area (Å²) >= 11 is 0. The fourth-order valence-electron chi connectivity index (χ4n) is 2.60. The van der Waals surface area contributed by atoms with Gasteiger partial charge >= 0.3 is 0 Å². The molecule has 1 aromatic heterocycles. The van der Waals surface area contributed by atoms with Crippen molar-refractivity contribution in [1.82, 2.24) is 14.7 Å². The summed E-state index contributed by atoms with van der Waals surface area (Å²) in [7, 11) is 3.72. The maximum absolute atomic E-state index is 12.4. The molecular formula is C13H22N4O2. The summed E-state index contributed by atoms with van der Waals surface area (Å²) < 4.78 is 1.69. The second kappa shape index (κ2) is 4.94. The first-order chi connectivity index (χ1) is 8.78. The van der Waals surface area contributed by atoms with Gasteiger partial charge in [-0.2, -0.15) is 5.10 Å². The molecule has 0 radical (unpaired) electrons. The summed E-state index contributed by atoms with van der Waals surface area (Å²) in [4.78, 5) is 16.1.